The number of phenolic OH excluding ortho intramolecular Hbond substituents is 1. The van der Waals surface area contributed by atoms with Crippen molar-refractivity contribution < 1.29 is 9.90 Å². The van der Waals surface area contributed by atoms with Gasteiger partial charge < -0.3 is 10.4 Å². The van der Waals surface area contributed by atoms with Crippen molar-refractivity contribution >= 4 is 11.6 Å². The lowest BCUT2D eigenvalue weighted by Crippen LogP contribution is -2.40. The Morgan fingerprint density at radius 3 is 2.96 bits per heavy atom. The second kappa shape index (κ2) is 7.66. The molecule has 2 N–H and O–H groups in total. The molecule has 3 rings (SSSR count). The average Bonchev–Trinajstić information content (AvgIpc) is 2.61. The van der Waals surface area contributed by atoms with Crippen molar-refractivity contribution in [1.82, 2.24) is 9.88 Å². The first kappa shape index (κ1) is 17.4. The number of aromatic hydroxyl groups is 1. The van der Waals surface area contributed by atoms with E-state index < -0.39 is 0 Å². The first-order valence-electron chi connectivity index (χ1n) is 8.75. The van der Waals surface area contributed by atoms with Gasteiger partial charge in [-0.1, -0.05) is 6.07 Å². The van der Waals surface area contributed by atoms with E-state index in [1.165, 1.54) is 5.56 Å². The highest BCUT2D eigenvalue weighted by Gasteiger charge is 2.26. The Hall–Kier alpha value is -2.40. The van der Waals surface area contributed by atoms with Gasteiger partial charge in [-0.15, -0.1) is 0 Å². The molecule has 132 valence electrons. The van der Waals surface area contributed by atoms with Gasteiger partial charge in [0.2, 0.25) is 5.91 Å². The lowest BCUT2D eigenvalue weighted by Gasteiger charge is -2.32. The second-order valence-electron chi connectivity index (χ2n) is 6.88. The molecule has 1 aromatic heterocycles. The van der Waals surface area contributed by atoms with Crippen LogP contribution in [0, 0.1) is 19.8 Å². The molecule has 0 bridgehead atoms. The number of hydrogen-bond acceptors (Lipinski definition) is 4. The number of piperidine rings is 1. The van der Waals surface area contributed by atoms with Crippen LogP contribution >= 0.6 is 0 Å². The summed E-state index contributed by atoms with van der Waals surface area (Å²) in [5, 5.41) is 12.8. The van der Waals surface area contributed by atoms with Crippen molar-refractivity contribution in [2.45, 2.75) is 33.2 Å². The third kappa shape index (κ3) is 4.37. The average molecular weight is 339 g/mol. The second-order valence-corrected chi connectivity index (χ2v) is 6.88. The number of nitrogens with one attached hydrogen (secondary N) is 1. The number of pyridine rings is 1. The molecule has 0 aliphatic carbocycles. The number of aromatic nitrogens is 1. The van der Waals surface area contributed by atoms with Crippen LogP contribution in [0.4, 0.5) is 5.69 Å². The van der Waals surface area contributed by atoms with E-state index in [2.05, 4.69) is 21.3 Å². The van der Waals surface area contributed by atoms with Crippen LogP contribution in [0.5, 0.6) is 5.75 Å². The van der Waals surface area contributed by atoms with Crippen LogP contribution in [0.3, 0.4) is 0 Å². The third-order valence-corrected chi connectivity index (χ3v) is 4.81. The molecule has 0 radical (unpaired) electrons. The predicted octanol–water partition coefficient (Wildman–Crippen LogP) is 3.25. The molecule has 1 amide bonds. The Labute approximate surface area is 148 Å². The number of likely N-dealkylation sites (tertiary alicyclic amines) is 1. The zero-order valence-corrected chi connectivity index (χ0v) is 14.8. The molecule has 5 nitrogen and oxygen atoms in total. The Balaban J connectivity index is 1.63. The molecular formula is C20H25N3O2. The van der Waals surface area contributed by atoms with Gasteiger partial charge in [-0.05, 0) is 68.1 Å². The fraction of sp³-hybridized carbons (Fsp3) is 0.400. The highest BCUT2D eigenvalue weighted by Crippen LogP contribution is 2.26. The molecule has 25 heavy (non-hydrogen) atoms. The molecule has 1 aliphatic heterocycles. The molecule has 0 spiro atoms. The minimum Gasteiger partial charge on any atom is -0.508 e. The van der Waals surface area contributed by atoms with Gasteiger partial charge in [-0.3, -0.25) is 14.7 Å². The lowest BCUT2D eigenvalue weighted by molar-refractivity contribution is -0.121. The Morgan fingerprint density at radius 1 is 1.36 bits per heavy atom. The van der Waals surface area contributed by atoms with E-state index in [0.29, 0.717) is 0 Å². The molecule has 2 heterocycles. The molecule has 5 heteroatoms. The monoisotopic (exact) mass is 339 g/mol. The van der Waals surface area contributed by atoms with Crippen molar-refractivity contribution in [3.63, 3.8) is 0 Å². The van der Waals surface area contributed by atoms with Crippen molar-refractivity contribution in [3.8, 4) is 5.75 Å². The van der Waals surface area contributed by atoms with E-state index in [9.17, 15) is 9.90 Å². The molecule has 1 atom stereocenters. The van der Waals surface area contributed by atoms with Gasteiger partial charge in [0.25, 0.3) is 0 Å². The van der Waals surface area contributed by atoms with Gasteiger partial charge in [-0.25, -0.2) is 0 Å². The number of carbonyl (C=O) groups is 1. The largest absolute Gasteiger partial charge is 0.508 e. The number of nitrogens with zero attached hydrogens (tertiary/aromatic N) is 2. The predicted molar refractivity (Wildman–Crippen MR) is 98.4 cm³/mol. The summed E-state index contributed by atoms with van der Waals surface area (Å²) in [6.07, 6.45) is 5.58. The van der Waals surface area contributed by atoms with Gasteiger partial charge >= 0.3 is 0 Å². The summed E-state index contributed by atoms with van der Waals surface area (Å²) in [4.78, 5) is 19.2. The minimum absolute atomic E-state index is 0.0149. The summed E-state index contributed by atoms with van der Waals surface area (Å²) in [6.45, 7) is 6.33. The number of phenols is 1. The fourth-order valence-corrected chi connectivity index (χ4v) is 3.33. The SMILES string of the molecule is Cc1cc(NC(=O)C2CCCN(Cc3cccnc3)C2)c(C)cc1O. The van der Waals surface area contributed by atoms with E-state index in [4.69, 9.17) is 0 Å². The molecule has 1 unspecified atom stereocenters. The van der Waals surface area contributed by atoms with E-state index in [1.54, 1.807) is 12.3 Å². The Bertz CT molecular complexity index is 746. The van der Waals surface area contributed by atoms with Crippen LogP contribution in [0.25, 0.3) is 0 Å². The van der Waals surface area contributed by atoms with Gasteiger partial charge in [-0.2, -0.15) is 0 Å². The van der Waals surface area contributed by atoms with Gasteiger partial charge in [0.05, 0.1) is 5.92 Å². The number of hydrogen-bond donors (Lipinski definition) is 2. The molecule has 1 fully saturated rings. The quantitative estimate of drug-likeness (QED) is 0.839. The summed E-state index contributed by atoms with van der Waals surface area (Å²) >= 11 is 0. The van der Waals surface area contributed by atoms with E-state index >= 15 is 0 Å². The molecular weight excluding hydrogens is 314 g/mol. The van der Waals surface area contributed by atoms with Gasteiger partial charge in [0, 0.05) is 31.2 Å². The Kier molecular flexibility index (Phi) is 5.34. The number of carbonyl (C=O) groups excluding carboxylic acids is 1. The standard InChI is InChI=1S/C20H25N3O2/c1-14-10-19(24)15(2)9-18(14)22-20(25)17-6-4-8-23(13-17)12-16-5-3-7-21-11-16/h3,5,7,9-11,17,24H,4,6,8,12-13H2,1-2H3,(H,22,25). The third-order valence-electron chi connectivity index (χ3n) is 4.81. The molecule has 1 aromatic carbocycles. The lowest BCUT2D eigenvalue weighted by atomic mass is 9.96. The van der Waals surface area contributed by atoms with Gasteiger partial charge in [0.15, 0.2) is 0 Å². The van der Waals surface area contributed by atoms with Crippen LogP contribution in [0.15, 0.2) is 36.7 Å². The maximum absolute atomic E-state index is 12.7. The number of benzene rings is 1. The van der Waals surface area contributed by atoms with Crippen molar-refractivity contribution in [2.24, 2.45) is 5.92 Å². The number of aryl methyl sites for hydroxylation is 2. The maximum Gasteiger partial charge on any atom is 0.228 e. The van der Waals surface area contributed by atoms with Crippen LogP contribution in [-0.2, 0) is 11.3 Å². The normalized spacial score (nSPS) is 18.1. The van der Waals surface area contributed by atoms with E-state index in [0.717, 1.165) is 49.3 Å². The highest BCUT2D eigenvalue weighted by atomic mass is 16.3. The first-order valence-corrected chi connectivity index (χ1v) is 8.75. The number of rotatable bonds is 4. The van der Waals surface area contributed by atoms with Gasteiger partial charge in [0.1, 0.15) is 5.75 Å². The molecule has 1 aliphatic rings. The topological polar surface area (TPSA) is 65.5 Å². The summed E-state index contributed by atoms with van der Waals surface area (Å²) < 4.78 is 0. The van der Waals surface area contributed by atoms with E-state index in [-0.39, 0.29) is 17.6 Å². The van der Waals surface area contributed by atoms with E-state index in [1.807, 2.05) is 32.2 Å². The molecule has 2 aromatic rings. The van der Waals surface area contributed by atoms with Crippen molar-refractivity contribution in [3.05, 3.63) is 53.3 Å². The van der Waals surface area contributed by atoms with Crippen molar-refractivity contribution in [1.29, 1.82) is 0 Å². The summed E-state index contributed by atoms with van der Waals surface area (Å²) in [7, 11) is 0. The zero-order chi connectivity index (χ0) is 17.8. The number of amides is 1. The summed E-state index contributed by atoms with van der Waals surface area (Å²) in [5.74, 6) is 0.304. The maximum atomic E-state index is 12.7. The zero-order valence-electron chi connectivity index (χ0n) is 14.8. The summed E-state index contributed by atoms with van der Waals surface area (Å²) in [6, 6.07) is 7.54. The van der Waals surface area contributed by atoms with Crippen molar-refractivity contribution in [2.75, 3.05) is 18.4 Å². The minimum atomic E-state index is -0.0149. The fourth-order valence-electron chi connectivity index (χ4n) is 3.33. The Morgan fingerprint density at radius 2 is 2.20 bits per heavy atom. The van der Waals surface area contributed by atoms with Crippen LogP contribution in [0.2, 0.25) is 0 Å². The van der Waals surface area contributed by atoms with Crippen LogP contribution in [0.1, 0.15) is 29.5 Å². The van der Waals surface area contributed by atoms with Crippen LogP contribution in [-0.4, -0.2) is 34.0 Å². The smallest absolute Gasteiger partial charge is 0.228 e. The molecule has 1 saturated heterocycles. The number of anilines is 1. The highest BCUT2D eigenvalue weighted by molar-refractivity contribution is 5.93. The first-order chi connectivity index (χ1) is 12.0. The molecule has 0 saturated carbocycles. The summed E-state index contributed by atoms with van der Waals surface area (Å²) in [5.41, 5.74) is 3.60. The van der Waals surface area contributed by atoms with Crippen LogP contribution < -0.4 is 5.32 Å².